The number of nitrogens with one attached hydrogen (secondary N) is 1. The number of carbonyl (C=O) groups is 1. The van der Waals surface area contributed by atoms with E-state index in [0.717, 1.165) is 25.7 Å². The van der Waals surface area contributed by atoms with E-state index in [-0.39, 0.29) is 27.6 Å². The van der Waals surface area contributed by atoms with Gasteiger partial charge in [-0.05, 0) is 71.0 Å². The zero-order valence-corrected chi connectivity index (χ0v) is 19.8. The Hall–Kier alpha value is -2.41. The van der Waals surface area contributed by atoms with Gasteiger partial charge in [-0.2, -0.15) is 0 Å². The van der Waals surface area contributed by atoms with E-state index in [1.165, 1.54) is 0 Å². The molecule has 0 aliphatic heterocycles. The summed E-state index contributed by atoms with van der Waals surface area (Å²) < 4.78 is 0. The third kappa shape index (κ3) is 4.53. The molecule has 1 aliphatic carbocycles. The van der Waals surface area contributed by atoms with Gasteiger partial charge in [-0.1, -0.05) is 23.2 Å². The van der Waals surface area contributed by atoms with Crippen molar-refractivity contribution in [3.8, 4) is 17.0 Å². The molecule has 0 spiro atoms. The van der Waals surface area contributed by atoms with Gasteiger partial charge < -0.3 is 15.3 Å². The maximum atomic E-state index is 12.4. The van der Waals surface area contributed by atoms with Crippen molar-refractivity contribution in [2.45, 2.75) is 44.7 Å². The van der Waals surface area contributed by atoms with E-state index in [9.17, 15) is 9.90 Å². The first-order valence-corrected chi connectivity index (χ1v) is 11.4. The SMILES string of the molecule is CC(=O)c1cnc2ccc(-c3cc(Cl)c(O)c(Cl)c3)nc2c1N[C@H]1CC[C@H](N(C)C)CC1. The van der Waals surface area contributed by atoms with Crippen molar-refractivity contribution < 1.29 is 9.90 Å². The standard InChI is InChI=1S/C24H26Cl2N4O2/c1-13(31)17-12-27-21-9-8-20(14-10-18(25)24(32)19(26)11-14)29-23(21)22(17)28-15-4-6-16(7-5-15)30(2)3/h8-12,15-16,32H,4-7H2,1-3H3,(H,27,28)/t15-,16-. The van der Waals surface area contributed by atoms with E-state index in [4.69, 9.17) is 28.2 Å². The number of hydrogen-bond donors (Lipinski definition) is 2. The van der Waals surface area contributed by atoms with Gasteiger partial charge in [-0.3, -0.25) is 9.78 Å². The zero-order chi connectivity index (χ0) is 23.0. The number of fused-ring (bicyclic) bond motifs is 1. The Bertz CT molecular complexity index is 1150. The van der Waals surface area contributed by atoms with Crippen LogP contribution >= 0.6 is 23.2 Å². The van der Waals surface area contributed by atoms with E-state index < -0.39 is 0 Å². The topological polar surface area (TPSA) is 78.3 Å². The number of rotatable bonds is 5. The fraction of sp³-hybridized carbons (Fsp3) is 0.375. The van der Waals surface area contributed by atoms with Crippen LogP contribution in [0.3, 0.4) is 0 Å². The van der Waals surface area contributed by atoms with E-state index >= 15 is 0 Å². The Labute approximate surface area is 197 Å². The maximum absolute atomic E-state index is 12.4. The fourth-order valence-corrected chi connectivity index (χ4v) is 4.78. The first kappa shape index (κ1) is 22.8. The van der Waals surface area contributed by atoms with E-state index in [1.807, 2.05) is 12.1 Å². The molecule has 2 heterocycles. The minimum absolute atomic E-state index is 0.0631. The van der Waals surface area contributed by atoms with Crippen molar-refractivity contribution >= 4 is 45.7 Å². The third-order valence-corrected chi connectivity index (χ3v) is 6.76. The maximum Gasteiger partial charge on any atom is 0.163 e. The summed E-state index contributed by atoms with van der Waals surface area (Å²) in [6, 6.07) is 7.78. The number of aromatic nitrogens is 2. The first-order chi connectivity index (χ1) is 15.2. The lowest BCUT2D eigenvalue weighted by Crippen LogP contribution is -2.36. The van der Waals surface area contributed by atoms with Gasteiger partial charge in [-0.15, -0.1) is 0 Å². The summed E-state index contributed by atoms with van der Waals surface area (Å²) in [6.07, 6.45) is 5.87. The normalized spacial score (nSPS) is 18.8. The predicted octanol–water partition coefficient (Wildman–Crippen LogP) is 5.80. The molecule has 0 radical (unpaired) electrons. The second-order valence-electron chi connectivity index (χ2n) is 8.57. The molecule has 0 saturated heterocycles. The Balaban J connectivity index is 1.75. The van der Waals surface area contributed by atoms with Crippen LogP contribution in [0.5, 0.6) is 5.75 Å². The number of pyridine rings is 2. The molecule has 4 rings (SSSR count). The van der Waals surface area contributed by atoms with Gasteiger partial charge in [0.2, 0.25) is 0 Å². The van der Waals surface area contributed by atoms with Crippen LogP contribution in [0.15, 0.2) is 30.5 Å². The number of benzene rings is 1. The highest BCUT2D eigenvalue weighted by Gasteiger charge is 2.24. The van der Waals surface area contributed by atoms with Gasteiger partial charge >= 0.3 is 0 Å². The van der Waals surface area contributed by atoms with Crippen molar-refractivity contribution in [2.75, 3.05) is 19.4 Å². The lowest BCUT2D eigenvalue weighted by Gasteiger charge is -2.33. The minimum Gasteiger partial charge on any atom is -0.505 e. The number of aromatic hydroxyl groups is 1. The van der Waals surface area contributed by atoms with E-state index in [1.54, 1.807) is 25.3 Å². The number of phenols is 1. The number of nitrogens with zero attached hydrogens (tertiary/aromatic N) is 3. The van der Waals surface area contributed by atoms with E-state index in [2.05, 4.69) is 29.3 Å². The molecule has 8 heteroatoms. The Morgan fingerprint density at radius 1 is 1.12 bits per heavy atom. The largest absolute Gasteiger partial charge is 0.505 e. The summed E-state index contributed by atoms with van der Waals surface area (Å²) in [5, 5.41) is 13.8. The van der Waals surface area contributed by atoms with Crippen LogP contribution in [0.1, 0.15) is 43.0 Å². The molecular formula is C24H26Cl2N4O2. The molecule has 2 N–H and O–H groups in total. The highest BCUT2D eigenvalue weighted by molar-refractivity contribution is 6.37. The molecule has 0 unspecified atom stereocenters. The molecule has 2 aromatic heterocycles. The highest BCUT2D eigenvalue weighted by Crippen LogP contribution is 2.37. The molecule has 32 heavy (non-hydrogen) atoms. The average Bonchev–Trinajstić information content (AvgIpc) is 2.77. The van der Waals surface area contributed by atoms with Crippen LogP contribution < -0.4 is 5.32 Å². The molecule has 1 saturated carbocycles. The molecular weight excluding hydrogens is 447 g/mol. The second-order valence-corrected chi connectivity index (χ2v) is 9.38. The monoisotopic (exact) mass is 472 g/mol. The molecule has 168 valence electrons. The molecule has 0 bridgehead atoms. The predicted molar refractivity (Wildman–Crippen MR) is 130 cm³/mol. The van der Waals surface area contributed by atoms with Gasteiger partial charge in [0.1, 0.15) is 5.52 Å². The smallest absolute Gasteiger partial charge is 0.163 e. The summed E-state index contributed by atoms with van der Waals surface area (Å²) >= 11 is 12.2. The fourth-order valence-electron chi connectivity index (χ4n) is 4.29. The molecule has 1 aliphatic rings. The number of hydrogen-bond acceptors (Lipinski definition) is 6. The molecule has 6 nitrogen and oxygen atoms in total. The summed E-state index contributed by atoms with van der Waals surface area (Å²) in [7, 11) is 4.24. The molecule has 1 aromatic carbocycles. The van der Waals surface area contributed by atoms with Gasteiger partial charge in [-0.25, -0.2) is 4.98 Å². The van der Waals surface area contributed by atoms with Crippen molar-refractivity contribution in [3.63, 3.8) is 0 Å². The van der Waals surface area contributed by atoms with Crippen LogP contribution in [0.2, 0.25) is 10.0 Å². The van der Waals surface area contributed by atoms with E-state index in [0.29, 0.717) is 39.6 Å². The van der Waals surface area contributed by atoms with Gasteiger partial charge in [0.05, 0.1) is 32.5 Å². The highest BCUT2D eigenvalue weighted by atomic mass is 35.5. The van der Waals surface area contributed by atoms with Crippen molar-refractivity contribution in [2.24, 2.45) is 0 Å². The number of carbonyl (C=O) groups excluding carboxylic acids is 1. The Morgan fingerprint density at radius 3 is 2.38 bits per heavy atom. The third-order valence-electron chi connectivity index (χ3n) is 6.18. The second kappa shape index (κ2) is 9.22. The first-order valence-electron chi connectivity index (χ1n) is 10.7. The summed E-state index contributed by atoms with van der Waals surface area (Å²) in [5.74, 6) is -0.221. The van der Waals surface area contributed by atoms with Gasteiger partial charge in [0.15, 0.2) is 11.5 Å². The summed E-state index contributed by atoms with van der Waals surface area (Å²) in [4.78, 5) is 24.0. The van der Waals surface area contributed by atoms with Crippen LogP contribution in [-0.4, -0.2) is 51.9 Å². The molecule has 3 aromatic rings. The minimum atomic E-state index is -0.158. The van der Waals surface area contributed by atoms with Gasteiger partial charge in [0, 0.05) is 23.8 Å². The van der Waals surface area contributed by atoms with Crippen LogP contribution in [-0.2, 0) is 0 Å². The molecule has 1 fully saturated rings. The summed E-state index contributed by atoms with van der Waals surface area (Å²) in [5.41, 5.74) is 3.87. The Kier molecular flexibility index (Phi) is 6.56. The van der Waals surface area contributed by atoms with Crippen molar-refractivity contribution in [1.29, 1.82) is 0 Å². The number of phenolic OH excluding ortho intramolecular Hbond substituents is 1. The van der Waals surface area contributed by atoms with Crippen molar-refractivity contribution in [3.05, 3.63) is 46.1 Å². The lowest BCUT2D eigenvalue weighted by atomic mass is 9.90. The molecule has 0 atom stereocenters. The molecule has 0 amide bonds. The summed E-state index contributed by atoms with van der Waals surface area (Å²) in [6.45, 7) is 1.54. The average molecular weight is 473 g/mol. The van der Waals surface area contributed by atoms with Crippen LogP contribution in [0.25, 0.3) is 22.3 Å². The van der Waals surface area contributed by atoms with Crippen LogP contribution in [0, 0.1) is 0 Å². The number of Topliss-reactive ketones (excluding diaryl/α,β-unsaturated/α-hetero) is 1. The number of ketones is 1. The quantitative estimate of drug-likeness (QED) is 0.457. The number of halogens is 2. The lowest BCUT2D eigenvalue weighted by molar-refractivity contribution is 0.101. The zero-order valence-electron chi connectivity index (χ0n) is 18.3. The number of anilines is 1. The van der Waals surface area contributed by atoms with Crippen LogP contribution in [0.4, 0.5) is 5.69 Å². The van der Waals surface area contributed by atoms with Crippen molar-refractivity contribution in [1.82, 2.24) is 14.9 Å². The Morgan fingerprint density at radius 2 is 1.78 bits per heavy atom. The van der Waals surface area contributed by atoms with Gasteiger partial charge in [0.25, 0.3) is 0 Å².